The molecule has 0 aliphatic carbocycles. The Balaban J connectivity index is 1.72. The summed E-state index contributed by atoms with van der Waals surface area (Å²) in [6.45, 7) is 1.43. The lowest BCUT2D eigenvalue weighted by molar-refractivity contribution is -0.116. The molecule has 0 unspecified atom stereocenters. The first-order chi connectivity index (χ1) is 11.5. The number of aryl methyl sites for hydroxylation is 1. The number of benzene rings is 1. The summed E-state index contributed by atoms with van der Waals surface area (Å²) < 4.78 is 0. The van der Waals surface area contributed by atoms with Crippen LogP contribution in [0.3, 0.4) is 0 Å². The van der Waals surface area contributed by atoms with Crippen molar-refractivity contribution >= 4 is 23.5 Å². The highest BCUT2D eigenvalue weighted by atomic mass is 16.2. The van der Waals surface area contributed by atoms with E-state index in [1.54, 1.807) is 18.2 Å². The van der Waals surface area contributed by atoms with Crippen LogP contribution in [0.25, 0.3) is 0 Å². The number of amides is 3. The van der Waals surface area contributed by atoms with Gasteiger partial charge in [0.05, 0.1) is 16.7 Å². The summed E-state index contributed by atoms with van der Waals surface area (Å²) in [7, 11) is 0. The van der Waals surface area contributed by atoms with Crippen molar-refractivity contribution in [1.29, 1.82) is 5.26 Å². The maximum absolute atomic E-state index is 12.3. The third-order valence-electron chi connectivity index (χ3n) is 3.59. The molecule has 1 aromatic carbocycles. The fourth-order valence-corrected chi connectivity index (χ4v) is 2.41. The van der Waals surface area contributed by atoms with Crippen molar-refractivity contribution in [2.24, 2.45) is 0 Å². The number of carbonyl (C=O) groups excluding carboxylic acids is 3. The molecule has 0 saturated carbocycles. The molecule has 0 fully saturated rings. The molecule has 0 radical (unpaired) electrons. The topological polar surface area (TPSA) is 103 Å². The molecule has 0 saturated heterocycles. The number of nitrogens with zero attached hydrogens (tertiary/aromatic N) is 3. The predicted molar refractivity (Wildman–Crippen MR) is 84.1 cm³/mol. The molecular weight excluding hydrogens is 308 g/mol. The van der Waals surface area contributed by atoms with E-state index in [2.05, 4.69) is 10.3 Å². The van der Waals surface area contributed by atoms with E-state index in [0.29, 0.717) is 16.7 Å². The minimum absolute atomic E-state index is 0.242. The quantitative estimate of drug-likeness (QED) is 0.863. The van der Waals surface area contributed by atoms with Gasteiger partial charge in [-0.2, -0.15) is 5.26 Å². The first-order valence-corrected chi connectivity index (χ1v) is 7.12. The zero-order valence-corrected chi connectivity index (χ0v) is 12.7. The Labute approximate surface area is 137 Å². The summed E-state index contributed by atoms with van der Waals surface area (Å²) in [5.41, 5.74) is 1.84. The summed E-state index contributed by atoms with van der Waals surface area (Å²) in [5, 5.41) is 11.2. The number of aromatic nitrogens is 1. The highest BCUT2D eigenvalue weighted by Crippen LogP contribution is 2.23. The standard InChI is InChI=1S/C17H12N4O3/c1-10-2-4-12-13(6-10)17(24)21(16(12)23)9-15(22)20-14-5-3-11(7-18)8-19-14/h2-6,8H,9H2,1H3,(H,19,20,22). The lowest BCUT2D eigenvalue weighted by atomic mass is 10.1. The van der Waals surface area contributed by atoms with E-state index in [9.17, 15) is 14.4 Å². The number of nitrogens with one attached hydrogen (secondary N) is 1. The van der Waals surface area contributed by atoms with Crippen LogP contribution in [0.15, 0.2) is 36.5 Å². The van der Waals surface area contributed by atoms with Crippen LogP contribution in [0.2, 0.25) is 0 Å². The normalized spacial score (nSPS) is 12.8. The number of carbonyl (C=O) groups is 3. The molecule has 3 amide bonds. The Morgan fingerprint density at radius 1 is 1.21 bits per heavy atom. The molecule has 2 heterocycles. The molecule has 0 atom stereocenters. The molecule has 24 heavy (non-hydrogen) atoms. The second kappa shape index (κ2) is 5.93. The number of nitriles is 1. The maximum Gasteiger partial charge on any atom is 0.262 e. The van der Waals surface area contributed by atoms with Gasteiger partial charge in [-0.3, -0.25) is 19.3 Å². The lowest BCUT2D eigenvalue weighted by Gasteiger charge is -2.13. The van der Waals surface area contributed by atoms with Crippen LogP contribution in [0.4, 0.5) is 5.82 Å². The Morgan fingerprint density at radius 2 is 1.96 bits per heavy atom. The molecule has 1 aromatic heterocycles. The van der Waals surface area contributed by atoms with E-state index in [1.165, 1.54) is 18.3 Å². The largest absolute Gasteiger partial charge is 0.309 e. The van der Waals surface area contributed by atoms with Gasteiger partial charge in [0.15, 0.2) is 0 Å². The minimum atomic E-state index is -0.543. The number of pyridine rings is 1. The van der Waals surface area contributed by atoms with Crippen molar-refractivity contribution in [1.82, 2.24) is 9.88 Å². The van der Waals surface area contributed by atoms with Crippen LogP contribution in [-0.2, 0) is 4.79 Å². The maximum atomic E-state index is 12.3. The van der Waals surface area contributed by atoms with Crippen LogP contribution < -0.4 is 5.32 Å². The third kappa shape index (κ3) is 2.73. The van der Waals surface area contributed by atoms with Gasteiger partial charge in [0, 0.05) is 6.20 Å². The van der Waals surface area contributed by atoms with Gasteiger partial charge in [-0.25, -0.2) is 4.98 Å². The van der Waals surface area contributed by atoms with Gasteiger partial charge in [-0.1, -0.05) is 11.6 Å². The molecule has 1 aliphatic rings. The van der Waals surface area contributed by atoms with Gasteiger partial charge >= 0.3 is 0 Å². The summed E-state index contributed by atoms with van der Waals surface area (Å²) in [5.74, 6) is -1.27. The minimum Gasteiger partial charge on any atom is -0.309 e. The molecule has 7 nitrogen and oxygen atoms in total. The number of hydrogen-bond donors (Lipinski definition) is 1. The van der Waals surface area contributed by atoms with Crippen LogP contribution in [0.1, 0.15) is 31.8 Å². The van der Waals surface area contributed by atoms with Crippen LogP contribution in [-0.4, -0.2) is 34.2 Å². The Bertz CT molecular complexity index is 897. The fourth-order valence-electron chi connectivity index (χ4n) is 2.41. The molecule has 0 spiro atoms. The van der Waals surface area contributed by atoms with Crippen molar-refractivity contribution < 1.29 is 14.4 Å². The molecule has 118 valence electrons. The molecule has 7 heteroatoms. The molecule has 2 aromatic rings. The van der Waals surface area contributed by atoms with Gasteiger partial charge in [-0.05, 0) is 31.2 Å². The number of hydrogen-bond acceptors (Lipinski definition) is 5. The van der Waals surface area contributed by atoms with E-state index < -0.39 is 24.3 Å². The number of imide groups is 1. The van der Waals surface area contributed by atoms with E-state index >= 15 is 0 Å². The van der Waals surface area contributed by atoms with Gasteiger partial charge in [-0.15, -0.1) is 0 Å². The van der Waals surface area contributed by atoms with Crippen molar-refractivity contribution in [3.05, 3.63) is 58.8 Å². The van der Waals surface area contributed by atoms with E-state index in [1.807, 2.05) is 13.0 Å². The predicted octanol–water partition coefficient (Wildman–Crippen LogP) is 1.50. The van der Waals surface area contributed by atoms with Crippen LogP contribution >= 0.6 is 0 Å². The monoisotopic (exact) mass is 320 g/mol. The first-order valence-electron chi connectivity index (χ1n) is 7.12. The van der Waals surface area contributed by atoms with Gasteiger partial charge in [0.2, 0.25) is 5.91 Å². The average molecular weight is 320 g/mol. The van der Waals surface area contributed by atoms with Crippen LogP contribution in [0, 0.1) is 18.3 Å². The van der Waals surface area contributed by atoms with Gasteiger partial charge in [0.1, 0.15) is 18.4 Å². The zero-order chi connectivity index (χ0) is 17.3. The summed E-state index contributed by atoms with van der Waals surface area (Å²) >= 11 is 0. The Morgan fingerprint density at radius 3 is 2.62 bits per heavy atom. The SMILES string of the molecule is Cc1ccc2c(c1)C(=O)N(CC(=O)Nc1ccc(C#N)cn1)C2=O. The summed E-state index contributed by atoms with van der Waals surface area (Å²) in [6, 6.07) is 9.87. The molecule has 1 N–H and O–H groups in total. The van der Waals surface area contributed by atoms with Crippen molar-refractivity contribution in [2.75, 3.05) is 11.9 Å². The Kier molecular flexibility index (Phi) is 3.80. The molecule has 3 rings (SSSR count). The smallest absolute Gasteiger partial charge is 0.262 e. The molecular formula is C17H12N4O3. The zero-order valence-electron chi connectivity index (χ0n) is 12.7. The Hall–Kier alpha value is -3.53. The average Bonchev–Trinajstić information content (AvgIpc) is 2.80. The fraction of sp³-hybridized carbons (Fsp3) is 0.118. The second-order valence-corrected chi connectivity index (χ2v) is 5.34. The lowest BCUT2D eigenvalue weighted by Crippen LogP contribution is -2.37. The summed E-state index contributed by atoms with van der Waals surface area (Å²) in [4.78, 5) is 41.5. The van der Waals surface area contributed by atoms with Crippen molar-refractivity contribution in [3.8, 4) is 6.07 Å². The number of fused-ring (bicyclic) bond motifs is 1. The first kappa shape index (κ1) is 15.4. The van der Waals surface area contributed by atoms with E-state index in [0.717, 1.165) is 10.5 Å². The van der Waals surface area contributed by atoms with E-state index in [4.69, 9.17) is 5.26 Å². The second-order valence-electron chi connectivity index (χ2n) is 5.34. The van der Waals surface area contributed by atoms with E-state index in [-0.39, 0.29) is 5.82 Å². The number of anilines is 1. The summed E-state index contributed by atoms with van der Waals surface area (Å²) in [6.07, 6.45) is 1.32. The van der Waals surface area contributed by atoms with Crippen molar-refractivity contribution in [3.63, 3.8) is 0 Å². The van der Waals surface area contributed by atoms with Crippen molar-refractivity contribution in [2.45, 2.75) is 6.92 Å². The molecule has 1 aliphatic heterocycles. The number of rotatable bonds is 3. The van der Waals surface area contributed by atoms with Crippen LogP contribution in [0.5, 0.6) is 0 Å². The van der Waals surface area contributed by atoms with Gasteiger partial charge < -0.3 is 5.32 Å². The highest BCUT2D eigenvalue weighted by molar-refractivity contribution is 6.22. The van der Waals surface area contributed by atoms with Gasteiger partial charge in [0.25, 0.3) is 11.8 Å². The third-order valence-corrected chi connectivity index (χ3v) is 3.59. The highest BCUT2D eigenvalue weighted by Gasteiger charge is 2.36. The molecule has 0 bridgehead atoms.